The highest BCUT2D eigenvalue weighted by atomic mass is 32.2. The maximum atomic E-state index is 11.2. The molecular weight excluding hydrogens is 350 g/mol. The van der Waals surface area contributed by atoms with Gasteiger partial charge in [0.1, 0.15) is 15.6 Å². The van der Waals surface area contributed by atoms with Gasteiger partial charge >= 0.3 is 0 Å². The number of sulfone groups is 1. The van der Waals surface area contributed by atoms with Gasteiger partial charge in [0, 0.05) is 32.3 Å². The molecule has 7 heteroatoms. The molecule has 0 unspecified atom stereocenters. The Bertz CT molecular complexity index is 835. The summed E-state index contributed by atoms with van der Waals surface area (Å²) >= 11 is 0. The summed E-state index contributed by atoms with van der Waals surface area (Å²) in [5.41, 5.74) is 0. The molecule has 0 aromatic heterocycles. The molecule has 0 aliphatic heterocycles. The molecule has 0 spiro atoms. The first kappa shape index (κ1) is 20.0. The first-order valence-corrected chi connectivity index (χ1v) is 10.9. The van der Waals surface area contributed by atoms with Gasteiger partial charge in [0.05, 0.1) is 12.4 Å². The third-order valence-electron chi connectivity index (χ3n) is 3.67. The highest BCUT2D eigenvalue weighted by molar-refractivity contribution is 7.90. The van der Waals surface area contributed by atoms with Crippen LogP contribution < -0.4 is 15.4 Å². The lowest BCUT2D eigenvalue weighted by Gasteiger charge is -2.11. The SMILES string of the molecule is CCNC(=NCCCOc1ccc2ccccc2c1)NCCS(C)(=O)=O. The van der Waals surface area contributed by atoms with E-state index in [1.807, 2.05) is 31.2 Å². The lowest BCUT2D eigenvalue weighted by atomic mass is 10.1. The van der Waals surface area contributed by atoms with Gasteiger partial charge in [-0.1, -0.05) is 30.3 Å². The zero-order valence-electron chi connectivity index (χ0n) is 15.4. The second-order valence-electron chi connectivity index (χ2n) is 6.03. The molecule has 26 heavy (non-hydrogen) atoms. The molecule has 0 heterocycles. The maximum Gasteiger partial charge on any atom is 0.191 e. The number of hydrogen-bond acceptors (Lipinski definition) is 4. The number of nitrogens with one attached hydrogen (secondary N) is 2. The van der Waals surface area contributed by atoms with E-state index in [2.05, 4.69) is 33.8 Å². The van der Waals surface area contributed by atoms with Crippen molar-refractivity contribution >= 4 is 26.6 Å². The van der Waals surface area contributed by atoms with Gasteiger partial charge < -0.3 is 15.4 Å². The second kappa shape index (κ2) is 10.0. The molecule has 0 radical (unpaired) electrons. The standard InChI is InChI=1S/C19H27N3O3S/c1-3-20-19(22-12-14-26(2,23)24)21-11-6-13-25-18-10-9-16-7-4-5-8-17(16)15-18/h4-5,7-10,15H,3,6,11-14H2,1-2H3,(H2,20,21,22). The fraction of sp³-hybridized carbons (Fsp3) is 0.421. The number of nitrogens with zero attached hydrogens (tertiary/aromatic N) is 1. The van der Waals surface area contributed by atoms with E-state index in [0.29, 0.717) is 25.7 Å². The van der Waals surface area contributed by atoms with Crippen molar-refractivity contribution in [1.29, 1.82) is 0 Å². The number of hydrogen-bond donors (Lipinski definition) is 2. The van der Waals surface area contributed by atoms with Crippen molar-refractivity contribution in [2.45, 2.75) is 13.3 Å². The molecule has 2 aromatic carbocycles. The first-order valence-electron chi connectivity index (χ1n) is 8.79. The zero-order valence-corrected chi connectivity index (χ0v) is 16.2. The topological polar surface area (TPSA) is 79.8 Å². The molecule has 0 aliphatic carbocycles. The van der Waals surface area contributed by atoms with E-state index in [0.717, 1.165) is 24.1 Å². The Morgan fingerprint density at radius 3 is 2.62 bits per heavy atom. The Kier molecular flexibility index (Phi) is 7.72. The highest BCUT2D eigenvalue weighted by Crippen LogP contribution is 2.20. The highest BCUT2D eigenvalue weighted by Gasteiger charge is 2.03. The van der Waals surface area contributed by atoms with Crippen LogP contribution in [0, 0.1) is 0 Å². The van der Waals surface area contributed by atoms with E-state index in [-0.39, 0.29) is 5.75 Å². The molecule has 0 fully saturated rings. The largest absolute Gasteiger partial charge is 0.494 e. The van der Waals surface area contributed by atoms with Crippen molar-refractivity contribution in [3.05, 3.63) is 42.5 Å². The molecular formula is C19H27N3O3S. The lowest BCUT2D eigenvalue weighted by molar-refractivity contribution is 0.314. The van der Waals surface area contributed by atoms with Crippen molar-refractivity contribution in [3.63, 3.8) is 0 Å². The molecule has 2 N–H and O–H groups in total. The van der Waals surface area contributed by atoms with Crippen LogP contribution in [0.1, 0.15) is 13.3 Å². The molecule has 0 saturated carbocycles. The van der Waals surface area contributed by atoms with Crippen LogP contribution in [0.2, 0.25) is 0 Å². The second-order valence-corrected chi connectivity index (χ2v) is 8.29. The van der Waals surface area contributed by atoms with Crippen LogP contribution >= 0.6 is 0 Å². The number of aliphatic imine (C=N–C) groups is 1. The van der Waals surface area contributed by atoms with E-state index in [1.54, 1.807) is 0 Å². The summed E-state index contributed by atoms with van der Waals surface area (Å²) in [5, 5.41) is 8.48. The summed E-state index contributed by atoms with van der Waals surface area (Å²) in [6.45, 7) is 4.21. The summed E-state index contributed by atoms with van der Waals surface area (Å²) in [5.74, 6) is 1.57. The van der Waals surface area contributed by atoms with Crippen LogP contribution in [0.4, 0.5) is 0 Å². The van der Waals surface area contributed by atoms with Gasteiger partial charge in [-0.25, -0.2) is 8.42 Å². The molecule has 0 atom stereocenters. The van der Waals surface area contributed by atoms with Crippen LogP contribution in [0.5, 0.6) is 5.75 Å². The quantitative estimate of drug-likeness (QED) is 0.398. The zero-order chi connectivity index (χ0) is 18.8. The Morgan fingerprint density at radius 2 is 1.88 bits per heavy atom. The fourth-order valence-electron chi connectivity index (χ4n) is 2.40. The number of fused-ring (bicyclic) bond motifs is 1. The van der Waals surface area contributed by atoms with Crippen LogP contribution in [-0.2, 0) is 9.84 Å². The van der Waals surface area contributed by atoms with Crippen molar-refractivity contribution in [1.82, 2.24) is 10.6 Å². The predicted octanol–water partition coefficient (Wildman–Crippen LogP) is 2.21. The lowest BCUT2D eigenvalue weighted by Crippen LogP contribution is -2.39. The number of rotatable bonds is 9. The third kappa shape index (κ3) is 7.31. The summed E-state index contributed by atoms with van der Waals surface area (Å²) in [6, 6.07) is 14.2. The molecule has 142 valence electrons. The van der Waals surface area contributed by atoms with E-state index in [1.165, 1.54) is 11.6 Å². The van der Waals surface area contributed by atoms with Crippen LogP contribution in [0.15, 0.2) is 47.5 Å². The smallest absolute Gasteiger partial charge is 0.191 e. The van der Waals surface area contributed by atoms with Gasteiger partial charge in [-0.15, -0.1) is 0 Å². The van der Waals surface area contributed by atoms with Gasteiger partial charge in [-0.3, -0.25) is 4.99 Å². The van der Waals surface area contributed by atoms with Crippen LogP contribution in [0.25, 0.3) is 10.8 Å². The average Bonchev–Trinajstić information content (AvgIpc) is 2.60. The first-order chi connectivity index (χ1) is 12.5. The Morgan fingerprint density at radius 1 is 1.12 bits per heavy atom. The molecule has 2 aromatic rings. The molecule has 0 bridgehead atoms. The molecule has 6 nitrogen and oxygen atoms in total. The normalized spacial score (nSPS) is 12.2. The van der Waals surface area contributed by atoms with Gasteiger partial charge in [0.25, 0.3) is 0 Å². The minimum absolute atomic E-state index is 0.0858. The van der Waals surface area contributed by atoms with E-state index >= 15 is 0 Å². The van der Waals surface area contributed by atoms with Gasteiger partial charge in [-0.05, 0) is 29.8 Å². The summed E-state index contributed by atoms with van der Waals surface area (Å²) in [7, 11) is -2.98. The summed E-state index contributed by atoms with van der Waals surface area (Å²) in [4.78, 5) is 4.43. The van der Waals surface area contributed by atoms with Gasteiger partial charge in [-0.2, -0.15) is 0 Å². The minimum Gasteiger partial charge on any atom is -0.494 e. The third-order valence-corrected chi connectivity index (χ3v) is 4.62. The maximum absolute atomic E-state index is 11.2. The van der Waals surface area contributed by atoms with Crippen molar-refractivity contribution in [2.24, 2.45) is 4.99 Å². The number of ether oxygens (including phenoxy) is 1. The fourth-order valence-corrected chi connectivity index (χ4v) is 2.87. The Labute approximate surface area is 155 Å². The molecule has 0 aliphatic rings. The summed E-state index contributed by atoms with van der Waals surface area (Å²) in [6.07, 6.45) is 2.00. The van der Waals surface area contributed by atoms with Gasteiger partial charge in [0.15, 0.2) is 5.96 Å². The van der Waals surface area contributed by atoms with Crippen LogP contribution in [-0.4, -0.2) is 52.6 Å². The number of benzene rings is 2. The average molecular weight is 378 g/mol. The predicted molar refractivity (Wildman–Crippen MR) is 108 cm³/mol. The van der Waals surface area contributed by atoms with E-state index < -0.39 is 9.84 Å². The molecule has 0 amide bonds. The van der Waals surface area contributed by atoms with Crippen molar-refractivity contribution in [2.75, 3.05) is 38.2 Å². The van der Waals surface area contributed by atoms with E-state index in [9.17, 15) is 8.42 Å². The van der Waals surface area contributed by atoms with Crippen molar-refractivity contribution in [3.8, 4) is 5.75 Å². The molecule has 2 rings (SSSR count). The van der Waals surface area contributed by atoms with Gasteiger partial charge in [0.2, 0.25) is 0 Å². The molecule has 0 saturated heterocycles. The van der Waals surface area contributed by atoms with Crippen LogP contribution in [0.3, 0.4) is 0 Å². The number of guanidine groups is 1. The monoisotopic (exact) mass is 377 g/mol. The van der Waals surface area contributed by atoms with Crippen molar-refractivity contribution < 1.29 is 13.2 Å². The Balaban J connectivity index is 1.76. The Hall–Kier alpha value is -2.28. The minimum atomic E-state index is -2.98. The van der Waals surface area contributed by atoms with E-state index in [4.69, 9.17) is 4.74 Å². The summed E-state index contributed by atoms with van der Waals surface area (Å²) < 4.78 is 28.1.